The molecule has 3 aromatic rings. The summed E-state index contributed by atoms with van der Waals surface area (Å²) in [6.07, 6.45) is 4.81. The second-order valence-corrected chi connectivity index (χ2v) is 4.23. The maximum atomic E-state index is 11.3. The molecule has 0 amide bonds. The Hall–Kier alpha value is -3.30. The van der Waals surface area contributed by atoms with Crippen molar-refractivity contribution in [1.82, 2.24) is 24.5 Å². The van der Waals surface area contributed by atoms with Crippen molar-refractivity contribution in [3.8, 4) is 5.69 Å². The Balaban J connectivity index is 2.34. The maximum absolute atomic E-state index is 11.3. The van der Waals surface area contributed by atoms with Crippen LogP contribution in [-0.2, 0) is 7.05 Å². The van der Waals surface area contributed by atoms with Gasteiger partial charge in [0, 0.05) is 13.2 Å². The Bertz CT molecular complexity index is 880. The summed E-state index contributed by atoms with van der Waals surface area (Å²) in [7, 11) is 1.66. The van der Waals surface area contributed by atoms with E-state index in [-0.39, 0.29) is 16.9 Å². The maximum Gasteiger partial charge on any atom is 0.339 e. The minimum atomic E-state index is -1.21. The standard InChI is InChI=1S/C11H8N6O4/c1-15-10-7(4-13-15)9(8(3-12-10)11(18)19)16-5-6(2-14-16)17(20)21/h2-5H,1H3,(H,18,19). The van der Waals surface area contributed by atoms with Gasteiger partial charge in [-0.15, -0.1) is 0 Å². The zero-order chi connectivity index (χ0) is 15.1. The lowest BCUT2D eigenvalue weighted by Crippen LogP contribution is -2.08. The molecule has 0 saturated carbocycles. The number of aromatic nitrogens is 5. The fourth-order valence-electron chi connectivity index (χ4n) is 2.02. The number of carboxylic acid groups (broad SMARTS) is 1. The predicted molar refractivity (Wildman–Crippen MR) is 69.2 cm³/mol. The molecule has 3 heterocycles. The first-order chi connectivity index (χ1) is 9.99. The van der Waals surface area contributed by atoms with Gasteiger partial charge in [0.15, 0.2) is 5.65 Å². The van der Waals surface area contributed by atoms with Gasteiger partial charge in [0.1, 0.15) is 18.0 Å². The second-order valence-electron chi connectivity index (χ2n) is 4.23. The molecule has 0 unspecified atom stereocenters. The van der Waals surface area contributed by atoms with E-state index >= 15 is 0 Å². The highest BCUT2D eigenvalue weighted by Gasteiger charge is 2.21. The summed E-state index contributed by atoms with van der Waals surface area (Å²) in [5, 5.41) is 28.3. The summed E-state index contributed by atoms with van der Waals surface area (Å²) in [6, 6.07) is 0. The molecule has 0 aliphatic carbocycles. The molecule has 21 heavy (non-hydrogen) atoms. The number of carbonyl (C=O) groups is 1. The minimum absolute atomic E-state index is 0.117. The van der Waals surface area contributed by atoms with Crippen molar-refractivity contribution in [2.45, 2.75) is 0 Å². The first-order valence-corrected chi connectivity index (χ1v) is 5.72. The van der Waals surface area contributed by atoms with E-state index in [9.17, 15) is 20.0 Å². The fourth-order valence-corrected chi connectivity index (χ4v) is 2.02. The van der Waals surface area contributed by atoms with E-state index in [1.807, 2.05) is 0 Å². The molecule has 1 N–H and O–H groups in total. The molecule has 0 atom stereocenters. The largest absolute Gasteiger partial charge is 0.478 e. The molecule has 0 radical (unpaired) electrons. The van der Waals surface area contributed by atoms with Gasteiger partial charge in [0.25, 0.3) is 0 Å². The zero-order valence-electron chi connectivity index (χ0n) is 10.7. The van der Waals surface area contributed by atoms with Crippen LogP contribution in [0, 0.1) is 10.1 Å². The van der Waals surface area contributed by atoms with E-state index in [0.717, 1.165) is 17.1 Å². The van der Waals surface area contributed by atoms with Gasteiger partial charge in [0.2, 0.25) is 0 Å². The van der Waals surface area contributed by atoms with Gasteiger partial charge in [0.05, 0.1) is 22.2 Å². The Labute approximate surface area is 116 Å². The minimum Gasteiger partial charge on any atom is -0.478 e. The summed E-state index contributed by atoms with van der Waals surface area (Å²) >= 11 is 0. The highest BCUT2D eigenvalue weighted by atomic mass is 16.6. The number of fused-ring (bicyclic) bond motifs is 1. The van der Waals surface area contributed by atoms with Crippen LogP contribution in [0.1, 0.15) is 10.4 Å². The molecule has 0 aliphatic heterocycles. The number of aromatic carboxylic acids is 1. The molecule has 0 saturated heterocycles. The Morgan fingerprint density at radius 2 is 2.10 bits per heavy atom. The van der Waals surface area contributed by atoms with Gasteiger partial charge in [-0.25, -0.2) is 14.5 Å². The number of pyridine rings is 1. The van der Waals surface area contributed by atoms with Crippen molar-refractivity contribution in [1.29, 1.82) is 0 Å². The summed E-state index contributed by atoms with van der Waals surface area (Å²) in [5.41, 5.74) is 0.288. The molecule has 0 aromatic carbocycles. The third-order valence-corrected chi connectivity index (χ3v) is 2.97. The van der Waals surface area contributed by atoms with Crippen molar-refractivity contribution >= 4 is 22.7 Å². The molecular weight excluding hydrogens is 280 g/mol. The highest BCUT2D eigenvalue weighted by Crippen LogP contribution is 2.25. The van der Waals surface area contributed by atoms with Crippen molar-refractivity contribution in [2.24, 2.45) is 7.05 Å². The van der Waals surface area contributed by atoms with Gasteiger partial charge in [-0.05, 0) is 0 Å². The van der Waals surface area contributed by atoms with Crippen LogP contribution in [0.3, 0.4) is 0 Å². The van der Waals surface area contributed by atoms with E-state index in [1.165, 1.54) is 17.1 Å². The van der Waals surface area contributed by atoms with Crippen LogP contribution in [0.5, 0.6) is 0 Å². The monoisotopic (exact) mass is 288 g/mol. The average molecular weight is 288 g/mol. The summed E-state index contributed by atoms with van der Waals surface area (Å²) in [6.45, 7) is 0. The Morgan fingerprint density at radius 1 is 1.33 bits per heavy atom. The molecule has 3 aromatic heterocycles. The lowest BCUT2D eigenvalue weighted by Gasteiger charge is -2.06. The molecule has 10 nitrogen and oxygen atoms in total. The summed E-state index contributed by atoms with van der Waals surface area (Å²) in [5.74, 6) is -1.21. The van der Waals surface area contributed by atoms with E-state index in [0.29, 0.717) is 11.0 Å². The normalized spacial score (nSPS) is 10.9. The Morgan fingerprint density at radius 3 is 2.71 bits per heavy atom. The van der Waals surface area contributed by atoms with Crippen LogP contribution in [-0.4, -0.2) is 40.5 Å². The van der Waals surface area contributed by atoms with Crippen LogP contribution in [0.2, 0.25) is 0 Å². The zero-order valence-corrected chi connectivity index (χ0v) is 10.7. The van der Waals surface area contributed by atoms with Crippen LogP contribution in [0.15, 0.2) is 24.8 Å². The van der Waals surface area contributed by atoms with Gasteiger partial charge in [-0.2, -0.15) is 10.2 Å². The molecule has 0 aliphatic rings. The first kappa shape index (κ1) is 12.7. The molecule has 3 rings (SSSR count). The van der Waals surface area contributed by atoms with Crippen molar-refractivity contribution in [3.63, 3.8) is 0 Å². The topological polar surface area (TPSA) is 129 Å². The lowest BCUT2D eigenvalue weighted by atomic mass is 10.2. The van der Waals surface area contributed by atoms with Gasteiger partial charge in [-0.3, -0.25) is 14.8 Å². The van der Waals surface area contributed by atoms with Crippen LogP contribution in [0.4, 0.5) is 5.69 Å². The molecule has 10 heteroatoms. The van der Waals surface area contributed by atoms with Crippen molar-refractivity contribution < 1.29 is 14.8 Å². The van der Waals surface area contributed by atoms with E-state index < -0.39 is 10.9 Å². The molecule has 0 bridgehead atoms. The van der Waals surface area contributed by atoms with Crippen LogP contribution < -0.4 is 0 Å². The van der Waals surface area contributed by atoms with E-state index in [4.69, 9.17) is 0 Å². The van der Waals surface area contributed by atoms with Gasteiger partial charge in [-0.1, -0.05) is 0 Å². The van der Waals surface area contributed by atoms with Crippen molar-refractivity contribution in [2.75, 3.05) is 0 Å². The quantitative estimate of drug-likeness (QED) is 0.556. The fraction of sp³-hybridized carbons (Fsp3) is 0.0909. The Kier molecular flexibility index (Phi) is 2.65. The van der Waals surface area contributed by atoms with Crippen LogP contribution >= 0.6 is 0 Å². The number of carboxylic acids is 1. The molecular formula is C11H8N6O4. The number of rotatable bonds is 3. The predicted octanol–water partition coefficient (Wildman–Crippen LogP) is 0.760. The second kappa shape index (κ2) is 4.37. The van der Waals surface area contributed by atoms with Crippen molar-refractivity contribution in [3.05, 3.63) is 40.5 Å². The SMILES string of the molecule is Cn1ncc2c(-n3cc([N+](=O)[O-])cn3)c(C(=O)O)cnc21. The number of hydrogen-bond acceptors (Lipinski definition) is 6. The third kappa shape index (κ3) is 1.89. The average Bonchev–Trinajstić information content (AvgIpc) is 3.05. The summed E-state index contributed by atoms with van der Waals surface area (Å²) in [4.78, 5) is 25.5. The number of nitrogens with zero attached hydrogens (tertiary/aromatic N) is 6. The molecule has 0 fully saturated rings. The third-order valence-electron chi connectivity index (χ3n) is 2.97. The number of nitro groups is 1. The van der Waals surface area contributed by atoms with Gasteiger partial charge < -0.3 is 5.11 Å². The van der Waals surface area contributed by atoms with E-state index in [1.54, 1.807) is 7.05 Å². The lowest BCUT2D eigenvalue weighted by molar-refractivity contribution is -0.384. The first-order valence-electron chi connectivity index (χ1n) is 5.72. The van der Waals surface area contributed by atoms with Crippen LogP contribution in [0.25, 0.3) is 16.7 Å². The summed E-state index contributed by atoms with van der Waals surface area (Å²) < 4.78 is 2.62. The number of hydrogen-bond donors (Lipinski definition) is 1. The molecule has 106 valence electrons. The highest BCUT2D eigenvalue weighted by molar-refractivity contribution is 5.99. The van der Waals surface area contributed by atoms with Gasteiger partial charge >= 0.3 is 11.7 Å². The van der Waals surface area contributed by atoms with E-state index in [2.05, 4.69) is 15.2 Å². The number of aryl methyl sites for hydroxylation is 1. The molecule has 0 spiro atoms. The smallest absolute Gasteiger partial charge is 0.339 e.